The summed E-state index contributed by atoms with van der Waals surface area (Å²) in [7, 11) is 0. The second kappa shape index (κ2) is 12.9. The van der Waals surface area contributed by atoms with E-state index in [0.29, 0.717) is 17.5 Å². The minimum atomic E-state index is -0.502. The number of nitrogens with zero attached hydrogens (tertiary/aromatic N) is 4. The Morgan fingerprint density at radius 2 is 0.839 bits per heavy atom. The molecule has 0 spiro atoms. The van der Waals surface area contributed by atoms with E-state index in [-0.39, 0.29) is 0 Å². The van der Waals surface area contributed by atoms with Crippen LogP contribution in [-0.2, 0) is 5.41 Å². The summed E-state index contributed by atoms with van der Waals surface area (Å²) in [6.45, 7) is 0. The smallest absolute Gasteiger partial charge is 0.164 e. The van der Waals surface area contributed by atoms with Gasteiger partial charge in [0.1, 0.15) is 0 Å². The molecule has 11 rings (SSSR count). The average Bonchev–Trinajstić information content (AvgIpc) is 3.78. The fraction of sp³-hybridized carbons (Fsp3) is 0.0192. The van der Waals surface area contributed by atoms with Crippen molar-refractivity contribution in [1.82, 2.24) is 19.5 Å². The van der Waals surface area contributed by atoms with E-state index >= 15 is 0 Å². The van der Waals surface area contributed by atoms with E-state index in [1.54, 1.807) is 0 Å². The first-order valence-corrected chi connectivity index (χ1v) is 19.0. The van der Waals surface area contributed by atoms with Crippen molar-refractivity contribution in [3.05, 3.63) is 229 Å². The van der Waals surface area contributed by atoms with Crippen molar-refractivity contribution in [2.45, 2.75) is 5.41 Å². The Labute approximate surface area is 325 Å². The molecule has 4 heteroatoms. The average molecular weight is 715 g/mol. The Hall–Kier alpha value is -7.43. The molecular formula is C52H34N4. The molecule has 4 nitrogen and oxygen atoms in total. The Kier molecular flexibility index (Phi) is 7.36. The maximum absolute atomic E-state index is 5.07. The van der Waals surface area contributed by atoms with Gasteiger partial charge >= 0.3 is 0 Å². The van der Waals surface area contributed by atoms with Crippen LogP contribution >= 0.6 is 0 Å². The van der Waals surface area contributed by atoms with E-state index in [2.05, 4.69) is 150 Å². The van der Waals surface area contributed by atoms with Gasteiger partial charge < -0.3 is 4.57 Å². The maximum Gasteiger partial charge on any atom is 0.164 e. The lowest BCUT2D eigenvalue weighted by Crippen LogP contribution is -2.28. The topological polar surface area (TPSA) is 43.6 Å². The van der Waals surface area contributed by atoms with Gasteiger partial charge in [-0.2, -0.15) is 0 Å². The van der Waals surface area contributed by atoms with Gasteiger partial charge in [-0.3, -0.25) is 0 Å². The summed E-state index contributed by atoms with van der Waals surface area (Å²) >= 11 is 0. The third-order valence-corrected chi connectivity index (χ3v) is 11.3. The summed E-state index contributed by atoms with van der Waals surface area (Å²) < 4.78 is 2.40. The van der Waals surface area contributed by atoms with Crippen LogP contribution in [0.15, 0.2) is 206 Å². The Balaban J connectivity index is 1.15. The van der Waals surface area contributed by atoms with Crippen molar-refractivity contribution in [2.75, 3.05) is 0 Å². The SMILES string of the molecule is c1ccc(-c2nc(-c3ccccc3)nc(-c3cccc(-n4c5ccccc5c5ccc(C6(c7ccccc7)c7ccccc7-c7ccccc76)cc54)c3)n2)cc1. The molecule has 56 heavy (non-hydrogen) atoms. The molecule has 0 unspecified atom stereocenters. The highest BCUT2D eigenvalue weighted by molar-refractivity contribution is 6.09. The van der Waals surface area contributed by atoms with Crippen molar-refractivity contribution in [1.29, 1.82) is 0 Å². The first-order chi connectivity index (χ1) is 27.8. The molecule has 0 bridgehead atoms. The molecule has 0 aliphatic heterocycles. The molecule has 0 radical (unpaired) electrons. The van der Waals surface area contributed by atoms with Crippen LogP contribution in [-0.4, -0.2) is 19.5 Å². The van der Waals surface area contributed by atoms with Gasteiger partial charge in [-0.05, 0) is 57.6 Å². The first-order valence-electron chi connectivity index (χ1n) is 19.0. The van der Waals surface area contributed by atoms with Crippen molar-refractivity contribution in [3.8, 4) is 51.0 Å². The molecule has 0 saturated carbocycles. The largest absolute Gasteiger partial charge is 0.309 e. The predicted octanol–water partition coefficient (Wildman–Crippen LogP) is 12.3. The molecule has 10 aromatic rings. The molecule has 1 aliphatic rings. The second-order valence-corrected chi connectivity index (χ2v) is 14.4. The van der Waals surface area contributed by atoms with E-state index in [0.717, 1.165) is 33.4 Å². The van der Waals surface area contributed by atoms with E-state index < -0.39 is 5.41 Å². The molecular weight excluding hydrogens is 681 g/mol. The van der Waals surface area contributed by atoms with Crippen LogP contribution in [0.5, 0.6) is 0 Å². The summed E-state index contributed by atoms with van der Waals surface area (Å²) in [5.41, 5.74) is 13.3. The second-order valence-electron chi connectivity index (χ2n) is 14.4. The van der Waals surface area contributed by atoms with Crippen LogP contribution < -0.4 is 0 Å². The van der Waals surface area contributed by atoms with Crippen LogP contribution in [0, 0.1) is 0 Å². The fourth-order valence-corrected chi connectivity index (χ4v) is 8.92. The number of aromatic nitrogens is 4. The van der Waals surface area contributed by atoms with Gasteiger partial charge in [-0.15, -0.1) is 0 Å². The van der Waals surface area contributed by atoms with Crippen molar-refractivity contribution in [3.63, 3.8) is 0 Å². The molecule has 0 saturated heterocycles. The third kappa shape index (κ3) is 4.89. The first kappa shape index (κ1) is 32.0. The summed E-state index contributed by atoms with van der Waals surface area (Å²) in [6.07, 6.45) is 0. The lowest BCUT2D eigenvalue weighted by atomic mass is 9.67. The van der Waals surface area contributed by atoms with E-state index in [1.807, 2.05) is 60.7 Å². The van der Waals surface area contributed by atoms with Crippen molar-refractivity contribution >= 4 is 21.8 Å². The van der Waals surface area contributed by atoms with Crippen LogP contribution in [0.4, 0.5) is 0 Å². The zero-order chi connectivity index (χ0) is 37.1. The summed E-state index contributed by atoms with van der Waals surface area (Å²) in [4.78, 5) is 15.1. The molecule has 0 N–H and O–H groups in total. The van der Waals surface area contributed by atoms with Crippen LogP contribution in [0.1, 0.15) is 22.3 Å². The molecule has 2 heterocycles. The van der Waals surface area contributed by atoms with Gasteiger partial charge in [0.15, 0.2) is 17.5 Å². The summed E-state index contributed by atoms with van der Waals surface area (Å²) in [6, 6.07) is 73.5. The summed E-state index contributed by atoms with van der Waals surface area (Å²) in [5.74, 6) is 1.91. The molecule has 8 aromatic carbocycles. The van der Waals surface area contributed by atoms with Crippen molar-refractivity contribution in [2.24, 2.45) is 0 Å². The van der Waals surface area contributed by atoms with Crippen LogP contribution in [0.2, 0.25) is 0 Å². The highest BCUT2D eigenvalue weighted by Gasteiger charge is 2.46. The summed E-state index contributed by atoms with van der Waals surface area (Å²) in [5, 5.41) is 2.41. The van der Waals surface area contributed by atoms with Crippen LogP contribution in [0.3, 0.4) is 0 Å². The van der Waals surface area contributed by atoms with Gasteiger partial charge in [-0.1, -0.05) is 182 Å². The van der Waals surface area contributed by atoms with Crippen LogP contribution in [0.25, 0.3) is 72.8 Å². The molecule has 0 amide bonds. The maximum atomic E-state index is 5.07. The Bertz CT molecular complexity index is 2970. The Morgan fingerprint density at radius 1 is 0.339 bits per heavy atom. The fourth-order valence-electron chi connectivity index (χ4n) is 8.92. The molecule has 2 aromatic heterocycles. The number of rotatable bonds is 6. The quantitative estimate of drug-likeness (QED) is 0.172. The normalized spacial score (nSPS) is 12.8. The highest BCUT2D eigenvalue weighted by atomic mass is 15.0. The van der Waals surface area contributed by atoms with Gasteiger partial charge in [0.05, 0.1) is 16.4 Å². The number of fused-ring (bicyclic) bond motifs is 6. The van der Waals surface area contributed by atoms with Gasteiger partial charge in [0.25, 0.3) is 0 Å². The van der Waals surface area contributed by atoms with E-state index in [9.17, 15) is 0 Å². The van der Waals surface area contributed by atoms with Gasteiger partial charge in [0.2, 0.25) is 0 Å². The minimum Gasteiger partial charge on any atom is -0.309 e. The zero-order valence-corrected chi connectivity index (χ0v) is 30.4. The molecule has 1 aliphatic carbocycles. The highest BCUT2D eigenvalue weighted by Crippen LogP contribution is 2.56. The standard InChI is InChI=1S/C52H34N4/c1-4-17-35(18-5-1)49-53-50(36-19-6-2-7-20-36)55-51(54-49)37-21-16-24-40(33-37)56-47-30-15-12-27-43(47)44-32-31-39(34-48(44)56)52(38-22-8-3-9-23-38)45-28-13-10-25-41(45)42-26-11-14-29-46(42)52/h1-34H. The van der Waals surface area contributed by atoms with E-state index in [4.69, 9.17) is 15.0 Å². The number of hydrogen-bond acceptors (Lipinski definition) is 3. The molecule has 262 valence electrons. The van der Waals surface area contributed by atoms with E-state index in [1.165, 1.54) is 44.2 Å². The monoisotopic (exact) mass is 714 g/mol. The predicted molar refractivity (Wildman–Crippen MR) is 228 cm³/mol. The lowest BCUT2D eigenvalue weighted by molar-refractivity contribution is 0.769. The molecule has 0 atom stereocenters. The van der Waals surface area contributed by atoms with Gasteiger partial charge in [-0.25, -0.2) is 15.0 Å². The minimum absolute atomic E-state index is 0.502. The number of para-hydroxylation sites is 1. The zero-order valence-electron chi connectivity index (χ0n) is 30.4. The Morgan fingerprint density at radius 3 is 1.48 bits per heavy atom. The molecule has 0 fully saturated rings. The number of benzene rings is 8. The number of hydrogen-bond donors (Lipinski definition) is 0. The lowest BCUT2D eigenvalue weighted by Gasteiger charge is -2.34. The van der Waals surface area contributed by atoms with Crippen molar-refractivity contribution < 1.29 is 0 Å². The third-order valence-electron chi connectivity index (χ3n) is 11.3. The van der Waals surface area contributed by atoms with Gasteiger partial charge in [0, 0.05) is 33.2 Å².